The van der Waals surface area contributed by atoms with Crippen molar-refractivity contribution in [3.8, 4) is 0 Å². The lowest BCUT2D eigenvalue weighted by Gasteiger charge is -2.14. The molecule has 72 valence electrons. The Kier molecular flexibility index (Phi) is 3.01. The lowest BCUT2D eigenvalue weighted by Crippen LogP contribution is -2.27. The second kappa shape index (κ2) is 4.25. The molecule has 2 heteroatoms. The largest absolute Gasteiger partial charge is 0.317 e. The van der Waals surface area contributed by atoms with Crippen LogP contribution < -0.4 is 5.32 Å². The number of thiophene rings is 1. The van der Waals surface area contributed by atoms with Gasteiger partial charge in [0.15, 0.2) is 0 Å². The van der Waals surface area contributed by atoms with Crippen LogP contribution in [0.4, 0.5) is 0 Å². The van der Waals surface area contributed by atoms with Crippen molar-refractivity contribution in [3.05, 3.63) is 22.4 Å². The first kappa shape index (κ1) is 9.22. The van der Waals surface area contributed by atoms with Crippen molar-refractivity contribution < 1.29 is 0 Å². The molecule has 0 radical (unpaired) electrons. The Morgan fingerprint density at radius 1 is 1.62 bits per heavy atom. The molecule has 1 aromatic heterocycles. The van der Waals surface area contributed by atoms with Crippen molar-refractivity contribution in [2.24, 2.45) is 5.92 Å². The first-order chi connectivity index (χ1) is 6.38. The smallest absolute Gasteiger partial charge is 0.0107 e. The van der Waals surface area contributed by atoms with Crippen molar-refractivity contribution in [2.75, 3.05) is 7.05 Å². The summed E-state index contributed by atoms with van der Waals surface area (Å²) in [4.78, 5) is 0. The van der Waals surface area contributed by atoms with E-state index in [2.05, 4.69) is 29.2 Å². The summed E-state index contributed by atoms with van der Waals surface area (Å²) < 4.78 is 0. The summed E-state index contributed by atoms with van der Waals surface area (Å²) in [6.45, 7) is 0. The van der Waals surface area contributed by atoms with E-state index in [1.165, 1.54) is 31.2 Å². The van der Waals surface area contributed by atoms with Crippen LogP contribution in [-0.2, 0) is 6.42 Å². The van der Waals surface area contributed by atoms with E-state index < -0.39 is 0 Å². The van der Waals surface area contributed by atoms with Gasteiger partial charge in [-0.15, -0.1) is 0 Å². The molecule has 0 spiro atoms. The maximum atomic E-state index is 3.42. The van der Waals surface area contributed by atoms with Gasteiger partial charge in [0, 0.05) is 6.04 Å². The predicted octanol–water partition coefficient (Wildman–Crippen LogP) is 2.68. The first-order valence-corrected chi connectivity index (χ1v) is 6.01. The standard InChI is InChI=1S/C11H17NS/c1-12-11(6-9-2-3-9)7-10-4-5-13-8-10/h4-5,8-9,11-12H,2-3,6-7H2,1H3. The van der Waals surface area contributed by atoms with Crippen LogP contribution in [-0.4, -0.2) is 13.1 Å². The second-order valence-electron chi connectivity index (χ2n) is 4.00. The van der Waals surface area contributed by atoms with Crippen LogP contribution in [0.2, 0.25) is 0 Å². The molecule has 0 aromatic carbocycles. The minimum atomic E-state index is 0.696. The summed E-state index contributed by atoms with van der Waals surface area (Å²) in [5, 5.41) is 7.84. The third kappa shape index (κ3) is 2.82. The third-order valence-electron chi connectivity index (χ3n) is 2.79. The average molecular weight is 195 g/mol. The fourth-order valence-electron chi connectivity index (χ4n) is 1.75. The quantitative estimate of drug-likeness (QED) is 0.761. The molecular weight excluding hydrogens is 178 g/mol. The van der Waals surface area contributed by atoms with E-state index in [0.717, 1.165) is 5.92 Å². The van der Waals surface area contributed by atoms with Gasteiger partial charge in [0.1, 0.15) is 0 Å². The highest BCUT2D eigenvalue weighted by atomic mass is 32.1. The van der Waals surface area contributed by atoms with E-state index in [1.807, 2.05) is 0 Å². The fourth-order valence-corrected chi connectivity index (χ4v) is 2.43. The zero-order valence-corrected chi connectivity index (χ0v) is 8.94. The maximum Gasteiger partial charge on any atom is 0.0107 e. The van der Waals surface area contributed by atoms with Gasteiger partial charge in [0.2, 0.25) is 0 Å². The topological polar surface area (TPSA) is 12.0 Å². The Hall–Kier alpha value is -0.340. The molecule has 1 aromatic rings. The lowest BCUT2D eigenvalue weighted by molar-refractivity contribution is 0.491. The summed E-state index contributed by atoms with van der Waals surface area (Å²) in [7, 11) is 2.08. The lowest BCUT2D eigenvalue weighted by atomic mass is 10.0. The van der Waals surface area contributed by atoms with E-state index in [4.69, 9.17) is 0 Å². The number of hydrogen-bond acceptors (Lipinski definition) is 2. The van der Waals surface area contributed by atoms with Crippen molar-refractivity contribution >= 4 is 11.3 Å². The molecule has 1 saturated carbocycles. The highest BCUT2D eigenvalue weighted by molar-refractivity contribution is 7.07. The van der Waals surface area contributed by atoms with Gasteiger partial charge < -0.3 is 5.32 Å². The molecule has 1 atom stereocenters. The maximum absolute atomic E-state index is 3.42. The molecule has 1 fully saturated rings. The molecule has 1 aliphatic carbocycles. The normalized spacial score (nSPS) is 18.8. The molecule has 0 amide bonds. The number of rotatable bonds is 5. The van der Waals surface area contributed by atoms with Crippen LogP contribution in [0.5, 0.6) is 0 Å². The van der Waals surface area contributed by atoms with Crippen LogP contribution in [0.15, 0.2) is 16.8 Å². The third-order valence-corrected chi connectivity index (χ3v) is 3.52. The van der Waals surface area contributed by atoms with Crippen LogP contribution in [0.3, 0.4) is 0 Å². The Labute approximate surface area is 84.2 Å². The van der Waals surface area contributed by atoms with Gasteiger partial charge in [-0.3, -0.25) is 0 Å². The highest BCUT2D eigenvalue weighted by Crippen LogP contribution is 2.34. The number of likely N-dealkylation sites (N-methyl/N-ethyl adjacent to an activating group) is 1. The van der Waals surface area contributed by atoms with E-state index in [0.29, 0.717) is 6.04 Å². The molecule has 1 heterocycles. The van der Waals surface area contributed by atoms with E-state index in [-0.39, 0.29) is 0 Å². The molecule has 1 N–H and O–H groups in total. The van der Waals surface area contributed by atoms with Crippen molar-refractivity contribution in [1.82, 2.24) is 5.32 Å². The van der Waals surface area contributed by atoms with Gasteiger partial charge in [-0.05, 0) is 48.2 Å². The van der Waals surface area contributed by atoms with Crippen molar-refractivity contribution in [3.63, 3.8) is 0 Å². The Bertz CT molecular complexity index is 239. The Morgan fingerprint density at radius 2 is 2.46 bits per heavy atom. The van der Waals surface area contributed by atoms with Gasteiger partial charge >= 0.3 is 0 Å². The van der Waals surface area contributed by atoms with Gasteiger partial charge in [0.25, 0.3) is 0 Å². The van der Waals surface area contributed by atoms with Gasteiger partial charge in [-0.25, -0.2) is 0 Å². The fraction of sp³-hybridized carbons (Fsp3) is 0.636. The van der Waals surface area contributed by atoms with Crippen LogP contribution in [0, 0.1) is 5.92 Å². The first-order valence-electron chi connectivity index (χ1n) is 5.07. The zero-order chi connectivity index (χ0) is 9.10. The molecule has 1 unspecified atom stereocenters. The Balaban J connectivity index is 1.82. The molecule has 0 bridgehead atoms. The Morgan fingerprint density at radius 3 is 3.00 bits per heavy atom. The molecule has 1 nitrogen and oxygen atoms in total. The molecule has 0 aliphatic heterocycles. The van der Waals surface area contributed by atoms with Gasteiger partial charge in [-0.2, -0.15) is 11.3 Å². The number of nitrogens with one attached hydrogen (secondary N) is 1. The SMILES string of the molecule is CNC(Cc1ccsc1)CC1CC1. The summed E-state index contributed by atoms with van der Waals surface area (Å²) in [6.07, 6.45) is 5.49. The van der Waals surface area contributed by atoms with Crippen LogP contribution in [0.1, 0.15) is 24.8 Å². The minimum Gasteiger partial charge on any atom is -0.317 e. The van der Waals surface area contributed by atoms with Crippen LogP contribution >= 0.6 is 11.3 Å². The minimum absolute atomic E-state index is 0.696. The molecule has 0 saturated heterocycles. The van der Waals surface area contributed by atoms with E-state index in [9.17, 15) is 0 Å². The zero-order valence-electron chi connectivity index (χ0n) is 8.12. The molecule has 13 heavy (non-hydrogen) atoms. The van der Waals surface area contributed by atoms with Gasteiger partial charge in [-0.1, -0.05) is 12.8 Å². The van der Waals surface area contributed by atoms with Crippen LogP contribution in [0.25, 0.3) is 0 Å². The molecular formula is C11H17NS. The highest BCUT2D eigenvalue weighted by Gasteiger charge is 2.24. The van der Waals surface area contributed by atoms with Crippen molar-refractivity contribution in [2.45, 2.75) is 31.7 Å². The number of hydrogen-bond donors (Lipinski definition) is 1. The summed E-state index contributed by atoms with van der Waals surface area (Å²) in [6, 6.07) is 2.93. The second-order valence-corrected chi connectivity index (χ2v) is 4.78. The summed E-state index contributed by atoms with van der Waals surface area (Å²) >= 11 is 1.80. The van der Waals surface area contributed by atoms with E-state index >= 15 is 0 Å². The molecule has 1 aliphatic rings. The average Bonchev–Trinajstić information content (AvgIpc) is 2.80. The molecule has 2 rings (SSSR count). The monoisotopic (exact) mass is 195 g/mol. The summed E-state index contributed by atoms with van der Waals surface area (Å²) in [5.41, 5.74) is 1.49. The van der Waals surface area contributed by atoms with Crippen molar-refractivity contribution in [1.29, 1.82) is 0 Å². The van der Waals surface area contributed by atoms with E-state index in [1.54, 1.807) is 11.3 Å². The predicted molar refractivity (Wildman–Crippen MR) is 58.2 cm³/mol. The van der Waals surface area contributed by atoms with Gasteiger partial charge in [0.05, 0.1) is 0 Å². The summed E-state index contributed by atoms with van der Waals surface area (Å²) in [5.74, 6) is 1.02.